The maximum atomic E-state index is 12.2. The predicted molar refractivity (Wildman–Crippen MR) is 73.7 cm³/mol. The maximum absolute atomic E-state index is 12.2. The summed E-state index contributed by atoms with van der Waals surface area (Å²) in [6.45, 7) is 0.298. The molecule has 0 saturated heterocycles. The Balaban J connectivity index is 2.81. The molecule has 1 unspecified atom stereocenters. The molecular weight excluding hydrogens is 290 g/mol. The Labute approximate surface area is 121 Å². The van der Waals surface area contributed by atoms with E-state index >= 15 is 0 Å². The number of amides is 1. The highest BCUT2D eigenvalue weighted by Gasteiger charge is 2.20. The fraction of sp³-hybridized carbons (Fsp3) is 0.545. The zero-order valence-electron chi connectivity index (χ0n) is 11.0. The standard InChI is InChI=1S/C11H16ClN3O3S/c1-15(5-7(16)6-18-2)10(17)9-8(12)4-13-11(14-9)19-3/h4,7,16H,5-6H2,1-3H3. The van der Waals surface area contributed by atoms with Gasteiger partial charge in [0.15, 0.2) is 10.9 Å². The number of halogens is 1. The number of nitrogens with zero attached hydrogens (tertiary/aromatic N) is 3. The highest BCUT2D eigenvalue weighted by atomic mass is 35.5. The van der Waals surface area contributed by atoms with Crippen molar-refractivity contribution in [1.82, 2.24) is 14.9 Å². The highest BCUT2D eigenvalue weighted by molar-refractivity contribution is 7.98. The fourth-order valence-electron chi connectivity index (χ4n) is 1.42. The average Bonchev–Trinajstić information content (AvgIpc) is 2.38. The van der Waals surface area contributed by atoms with Gasteiger partial charge in [0.25, 0.3) is 5.91 Å². The van der Waals surface area contributed by atoms with Gasteiger partial charge in [-0.15, -0.1) is 0 Å². The summed E-state index contributed by atoms with van der Waals surface area (Å²) in [4.78, 5) is 21.6. The van der Waals surface area contributed by atoms with Crippen LogP contribution in [0, 0.1) is 0 Å². The molecule has 1 aromatic rings. The Morgan fingerprint density at radius 1 is 1.68 bits per heavy atom. The third-order valence-corrected chi connectivity index (χ3v) is 3.14. The monoisotopic (exact) mass is 305 g/mol. The lowest BCUT2D eigenvalue weighted by molar-refractivity contribution is 0.0377. The van der Waals surface area contributed by atoms with Gasteiger partial charge in [0.05, 0.1) is 23.9 Å². The van der Waals surface area contributed by atoms with Crippen molar-refractivity contribution < 1.29 is 14.6 Å². The summed E-state index contributed by atoms with van der Waals surface area (Å²) in [5.41, 5.74) is 0.133. The summed E-state index contributed by atoms with van der Waals surface area (Å²) in [7, 11) is 3.05. The van der Waals surface area contributed by atoms with Gasteiger partial charge in [-0.3, -0.25) is 4.79 Å². The van der Waals surface area contributed by atoms with Crippen LogP contribution in [-0.2, 0) is 4.74 Å². The third-order valence-electron chi connectivity index (χ3n) is 2.30. The molecule has 1 heterocycles. The van der Waals surface area contributed by atoms with Crippen LogP contribution in [0.1, 0.15) is 10.5 Å². The normalized spacial score (nSPS) is 12.3. The minimum atomic E-state index is -0.750. The van der Waals surface area contributed by atoms with Crippen LogP contribution in [0.25, 0.3) is 0 Å². The zero-order valence-corrected chi connectivity index (χ0v) is 12.5. The van der Waals surface area contributed by atoms with Crippen molar-refractivity contribution in [2.75, 3.05) is 33.6 Å². The van der Waals surface area contributed by atoms with Crippen molar-refractivity contribution in [1.29, 1.82) is 0 Å². The van der Waals surface area contributed by atoms with Gasteiger partial charge in [-0.1, -0.05) is 23.4 Å². The molecule has 0 bridgehead atoms. The van der Waals surface area contributed by atoms with Crippen molar-refractivity contribution in [2.24, 2.45) is 0 Å². The number of hydrogen-bond donors (Lipinski definition) is 1. The van der Waals surface area contributed by atoms with Gasteiger partial charge in [-0.05, 0) is 6.26 Å². The number of ether oxygens (including phenoxy) is 1. The van der Waals surface area contributed by atoms with Crippen molar-refractivity contribution in [3.05, 3.63) is 16.9 Å². The Hall–Kier alpha value is -0.890. The van der Waals surface area contributed by atoms with Gasteiger partial charge in [-0.2, -0.15) is 0 Å². The molecule has 19 heavy (non-hydrogen) atoms. The molecule has 8 heteroatoms. The fourth-order valence-corrected chi connectivity index (χ4v) is 1.94. The predicted octanol–water partition coefficient (Wildman–Crippen LogP) is 0.931. The van der Waals surface area contributed by atoms with Crippen LogP contribution in [0.15, 0.2) is 11.4 Å². The Morgan fingerprint density at radius 3 is 2.95 bits per heavy atom. The number of carbonyl (C=O) groups is 1. The second-order valence-electron chi connectivity index (χ2n) is 3.85. The van der Waals surface area contributed by atoms with E-state index in [1.807, 2.05) is 6.26 Å². The summed E-state index contributed by atoms with van der Waals surface area (Å²) < 4.78 is 4.81. The molecule has 1 N–H and O–H groups in total. The number of thioether (sulfide) groups is 1. The average molecular weight is 306 g/mol. The first kappa shape index (κ1) is 16.2. The van der Waals surface area contributed by atoms with Crippen LogP contribution in [0.2, 0.25) is 5.02 Å². The van der Waals surface area contributed by atoms with E-state index in [4.69, 9.17) is 16.3 Å². The van der Waals surface area contributed by atoms with Crippen LogP contribution in [0.4, 0.5) is 0 Å². The van der Waals surface area contributed by atoms with Crippen LogP contribution in [0.5, 0.6) is 0 Å². The summed E-state index contributed by atoms with van der Waals surface area (Å²) >= 11 is 7.24. The van der Waals surface area contributed by atoms with E-state index in [9.17, 15) is 9.90 Å². The van der Waals surface area contributed by atoms with Crippen LogP contribution < -0.4 is 0 Å². The van der Waals surface area contributed by atoms with E-state index in [0.29, 0.717) is 5.16 Å². The molecule has 0 radical (unpaired) electrons. The molecule has 1 rings (SSSR count). The molecule has 0 saturated carbocycles. The third kappa shape index (κ3) is 4.61. The Kier molecular flexibility index (Phi) is 6.50. The number of hydrogen-bond acceptors (Lipinski definition) is 6. The maximum Gasteiger partial charge on any atom is 0.274 e. The first-order valence-corrected chi connectivity index (χ1v) is 7.08. The number of aromatic nitrogens is 2. The summed E-state index contributed by atoms with van der Waals surface area (Å²) in [6.07, 6.45) is 2.45. The van der Waals surface area contributed by atoms with Gasteiger partial charge in [-0.25, -0.2) is 9.97 Å². The molecule has 0 aliphatic carbocycles. The molecule has 0 fully saturated rings. The summed E-state index contributed by atoms with van der Waals surface area (Å²) in [6, 6.07) is 0. The summed E-state index contributed by atoms with van der Waals surface area (Å²) in [5.74, 6) is -0.363. The van der Waals surface area contributed by atoms with E-state index in [-0.39, 0.29) is 29.8 Å². The van der Waals surface area contributed by atoms with Crippen LogP contribution >= 0.6 is 23.4 Å². The lowest BCUT2D eigenvalue weighted by Crippen LogP contribution is -2.36. The second-order valence-corrected chi connectivity index (χ2v) is 5.03. The molecule has 6 nitrogen and oxygen atoms in total. The molecule has 0 aromatic carbocycles. The first-order valence-electron chi connectivity index (χ1n) is 5.48. The van der Waals surface area contributed by atoms with Crippen molar-refractivity contribution in [3.8, 4) is 0 Å². The minimum absolute atomic E-state index is 0.133. The lowest BCUT2D eigenvalue weighted by Gasteiger charge is -2.20. The van der Waals surface area contributed by atoms with Gasteiger partial charge >= 0.3 is 0 Å². The molecule has 0 aliphatic heterocycles. The van der Waals surface area contributed by atoms with Gasteiger partial charge in [0.2, 0.25) is 0 Å². The first-order chi connectivity index (χ1) is 8.99. The quantitative estimate of drug-likeness (QED) is 0.622. The lowest BCUT2D eigenvalue weighted by atomic mass is 10.3. The number of carbonyl (C=O) groups excluding carboxylic acids is 1. The largest absolute Gasteiger partial charge is 0.389 e. The van der Waals surface area contributed by atoms with Crippen molar-refractivity contribution >= 4 is 29.3 Å². The smallest absolute Gasteiger partial charge is 0.274 e. The summed E-state index contributed by atoms with van der Waals surface area (Å²) in [5, 5.41) is 10.3. The van der Waals surface area contributed by atoms with Crippen LogP contribution in [-0.4, -0.2) is 65.6 Å². The molecule has 0 spiro atoms. The van der Waals surface area contributed by atoms with E-state index < -0.39 is 6.10 Å². The second kappa shape index (κ2) is 7.64. The van der Waals surface area contributed by atoms with E-state index in [1.165, 1.54) is 30.0 Å². The van der Waals surface area contributed by atoms with E-state index in [0.717, 1.165) is 0 Å². The number of rotatable bonds is 6. The topological polar surface area (TPSA) is 75.6 Å². The molecule has 1 atom stereocenters. The number of aliphatic hydroxyl groups is 1. The Bertz CT molecular complexity index is 447. The molecule has 0 aliphatic rings. The zero-order chi connectivity index (χ0) is 14.4. The van der Waals surface area contributed by atoms with E-state index in [2.05, 4.69) is 9.97 Å². The molecule has 106 valence electrons. The van der Waals surface area contributed by atoms with Crippen LogP contribution in [0.3, 0.4) is 0 Å². The van der Waals surface area contributed by atoms with E-state index in [1.54, 1.807) is 7.05 Å². The minimum Gasteiger partial charge on any atom is -0.389 e. The molecular formula is C11H16ClN3O3S. The number of likely N-dealkylation sites (N-methyl/N-ethyl adjacent to an activating group) is 1. The number of methoxy groups -OCH3 is 1. The van der Waals surface area contributed by atoms with Gasteiger partial charge in [0, 0.05) is 20.7 Å². The van der Waals surface area contributed by atoms with Gasteiger partial charge in [0.1, 0.15) is 0 Å². The highest BCUT2D eigenvalue weighted by Crippen LogP contribution is 2.17. The molecule has 1 amide bonds. The van der Waals surface area contributed by atoms with Crippen molar-refractivity contribution in [2.45, 2.75) is 11.3 Å². The van der Waals surface area contributed by atoms with Gasteiger partial charge < -0.3 is 14.7 Å². The molecule has 1 aromatic heterocycles. The number of aliphatic hydroxyl groups excluding tert-OH is 1. The SMILES string of the molecule is COCC(O)CN(C)C(=O)c1nc(SC)ncc1Cl. The van der Waals surface area contributed by atoms with Crippen molar-refractivity contribution in [3.63, 3.8) is 0 Å². The Morgan fingerprint density at radius 2 is 2.37 bits per heavy atom.